The number of rotatable bonds is 8. The van der Waals surface area contributed by atoms with Gasteiger partial charge in [-0.3, -0.25) is 4.79 Å². The van der Waals surface area contributed by atoms with Gasteiger partial charge >= 0.3 is 5.97 Å². The molecule has 0 aliphatic carbocycles. The van der Waals surface area contributed by atoms with E-state index in [1.807, 2.05) is 25.1 Å². The Bertz CT molecular complexity index is 863. The van der Waals surface area contributed by atoms with Gasteiger partial charge in [0.05, 0.1) is 24.2 Å². The minimum Gasteiger partial charge on any atom is -0.493 e. The second kappa shape index (κ2) is 9.09. The highest BCUT2D eigenvalue weighted by atomic mass is 32.2. The van der Waals surface area contributed by atoms with Gasteiger partial charge in [0.1, 0.15) is 0 Å². The quantitative estimate of drug-likeness (QED) is 0.643. The molecule has 1 aliphatic rings. The molecule has 2 rings (SSSR count). The number of nitrogens with one attached hydrogen (secondary N) is 1. The fourth-order valence-electron chi connectivity index (χ4n) is 2.91. The average Bonchev–Trinajstić information content (AvgIpc) is 2.91. The summed E-state index contributed by atoms with van der Waals surface area (Å²) in [5.74, 6) is -0.518. The van der Waals surface area contributed by atoms with Gasteiger partial charge in [-0.2, -0.15) is 0 Å². The minimum atomic E-state index is -3.14. The van der Waals surface area contributed by atoms with E-state index in [0.717, 1.165) is 5.56 Å². The van der Waals surface area contributed by atoms with Gasteiger partial charge in [0.2, 0.25) is 0 Å². The summed E-state index contributed by atoms with van der Waals surface area (Å²) < 4.78 is 38.6. The molecule has 9 heteroatoms. The Balaban J connectivity index is 1.81. The summed E-state index contributed by atoms with van der Waals surface area (Å²) in [6, 6.07) is 5.26. The van der Waals surface area contributed by atoms with E-state index < -0.39 is 40.5 Å². The lowest BCUT2D eigenvalue weighted by Crippen LogP contribution is -2.48. The highest BCUT2D eigenvalue weighted by Gasteiger charge is 2.39. The molecule has 0 spiro atoms. The Kier molecular flexibility index (Phi) is 7.06. The molecule has 0 aromatic heterocycles. The third-order valence-corrected chi connectivity index (χ3v) is 6.10. The first-order chi connectivity index (χ1) is 13.2. The van der Waals surface area contributed by atoms with Crippen LogP contribution in [0.25, 0.3) is 6.08 Å². The van der Waals surface area contributed by atoms with Crippen molar-refractivity contribution in [2.75, 3.05) is 31.8 Å². The third kappa shape index (κ3) is 6.26. The molecule has 0 saturated carbocycles. The van der Waals surface area contributed by atoms with E-state index in [1.165, 1.54) is 7.11 Å². The number of sulfone groups is 1. The van der Waals surface area contributed by atoms with E-state index in [9.17, 15) is 18.0 Å². The zero-order chi connectivity index (χ0) is 20.8. The maximum Gasteiger partial charge on any atom is 0.344 e. The van der Waals surface area contributed by atoms with Gasteiger partial charge in [-0.15, -0.1) is 0 Å². The standard InChI is InChI=1S/C19H25NO7S/c1-4-5-14-6-7-15(16(10-14)25-3)26-12-18(22)27-11-17(21)20-19(2)8-9-28(23,24)13-19/h4-7,10H,8-9,11-13H2,1-3H3,(H,20,21)/b5-4+/t19-/m1/s1. The number of ether oxygens (including phenoxy) is 3. The first-order valence-electron chi connectivity index (χ1n) is 8.77. The zero-order valence-corrected chi connectivity index (χ0v) is 17.0. The van der Waals surface area contributed by atoms with Crippen molar-refractivity contribution < 1.29 is 32.2 Å². The van der Waals surface area contributed by atoms with Crippen LogP contribution in [0.5, 0.6) is 11.5 Å². The van der Waals surface area contributed by atoms with Crippen LogP contribution in [0, 0.1) is 0 Å². The van der Waals surface area contributed by atoms with Crippen LogP contribution in [0.3, 0.4) is 0 Å². The van der Waals surface area contributed by atoms with E-state index >= 15 is 0 Å². The first kappa shape index (κ1) is 21.7. The molecule has 1 aliphatic heterocycles. The topological polar surface area (TPSA) is 108 Å². The van der Waals surface area contributed by atoms with Crippen molar-refractivity contribution >= 4 is 27.8 Å². The van der Waals surface area contributed by atoms with E-state index in [4.69, 9.17) is 14.2 Å². The Morgan fingerprint density at radius 2 is 2.00 bits per heavy atom. The summed E-state index contributed by atoms with van der Waals surface area (Å²) in [6.07, 6.45) is 4.12. The van der Waals surface area contributed by atoms with Crippen LogP contribution >= 0.6 is 0 Å². The molecule has 1 fully saturated rings. The summed E-state index contributed by atoms with van der Waals surface area (Å²) in [4.78, 5) is 23.8. The maximum absolute atomic E-state index is 11.9. The summed E-state index contributed by atoms with van der Waals surface area (Å²) >= 11 is 0. The molecule has 1 amide bonds. The lowest BCUT2D eigenvalue weighted by molar-refractivity contribution is -0.150. The van der Waals surface area contributed by atoms with Gasteiger partial charge < -0.3 is 19.5 Å². The monoisotopic (exact) mass is 411 g/mol. The Morgan fingerprint density at radius 3 is 2.61 bits per heavy atom. The van der Waals surface area contributed by atoms with Crippen molar-refractivity contribution in [1.82, 2.24) is 5.32 Å². The van der Waals surface area contributed by atoms with E-state index in [1.54, 1.807) is 19.1 Å². The molecule has 28 heavy (non-hydrogen) atoms. The summed E-state index contributed by atoms with van der Waals surface area (Å²) in [5, 5.41) is 2.61. The number of carbonyl (C=O) groups excluding carboxylic acids is 2. The molecule has 0 radical (unpaired) electrons. The predicted molar refractivity (Wildman–Crippen MR) is 104 cm³/mol. The van der Waals surface area contributed by atoms with Crippen LogP contribution in [0.1, 0.15) is 25.8 Å². The zero-order valence-electron chi connectivity index (χ0n) is 16.2. The largest absolute Gasteiger partial charge is 0.493 e. The highest BCUT2D eigenvalue weighted by Crippen LogP contribution is 2.28. The molecule has 1 aromatic carbocycles. The van der Waals surface area contributed by atoms with Crippen molar-refractivity contribution in [2.24, 2.45) is 0 Å². The van der Waals surface area contributed by atoms with Gasteiger partial charge in [0.15, 0.2) is 34.6 Å². The normalized spacial score (nSPS) is 20.7. The van der Waals surface area contributed by atoms with Crippen LogP contribution in [0.4, 0.5) is 0 Å². The molecule has 1 N–H and O–H groups in total. The van der Waals surface area contributed by atoms with E-state index in [2.05, 4.69) is 5.32 Å². The molecule has 1 saturated heterocycles. The van der Waals surface area contributed by atoms with E-state index in [-0.39, 0.29) is 11.5 Å². The molecule has 0 unspecified atom stereocenters. The number of esters is 1. The summed E-state index contributed by atoms with van der Waals surface area (Å²) in [6.45, 7) is 2.66. The number of hydrogen-bond acceptors (Lipinski definition) is 7. The van der Waals surface area contributed by atoms with Crippen molar-refractivity contribution in [3.05, 3.63) is 29.8 Å². The second-order valence-electron chi connectivity index (χ2n) is 6.81. The second-order valence-corrected chi connectivity index (χ2v) is 8.99. The molecular weight excluding hydrogens is 386 g/mol. The molecular formula is C19H25NO7S. The number of carbonyl (C=O) groups is 2. The SMILES string of the molecule is C/C=C/c1ccc(OCC(=O)OCC(=O)N[C@]2(C)CCS(=O)(=O)C2)c(OC)c1. The fourth-order valence-corrected chi connectivity index (χ4v) is 5.00. The molecule has 154 valence electrons. The van der Waals surface area contributed by atoms with Gasteiger partial charge in [-0.25, -0.2) is 13.2 Å². The number of allylic oxidation sites excluding steroid dienone is 1. The van der Waals surface area contributed by atoms with Gasteiger partial charge in [0, 0.05) is 0 Å². The number of benzene rings is 1. The Hall–Kier alpha value is -2.55. The van der Waals surface area contributed by atoms with Gasteiger partial charge in [-0.05, 0) is 38.0 Å². The first-order valence-corrected chi connectivity index (χ1v) is 10.6. The van der Waals surface area contributed by atoms with Crippen LogP contribution in [0.15, 0.2) is 24.3 Å². The maximum atomic E-state index is 11.9. The molecule has 8 nitrogen and oxygen atoms in total. The lowest BCUT2D eigenvalue weighted by atomic mass is 10.0. The minimum absolute atomic E-state index is 0.0338. The van der Waals surface area contributed by atoms with Crippen LogP contribution < -0.4 is 14.8 Å². The number of hydrogen-bond donors (Lipinski definition) is 1. The van der Waals surface area contributed by atoms with Gasteiger partial charge in [-0.1, -0.05) is 18.2 Å². The fraction of sp³-hybridized carbons (Fsp3) is 0.474. The van der Waals surface area contributed by atoms with Crippen molar-refractivity contribution in [1.29, 1.82) is 0 Å². The number of methoxy groups -OCH3 is 1. The highest BCUT2D eigenvalue weighted by molar-refractivity contribution is 7.91. The van der Waals surface area contributed by atoms with E-state index in [0.29, 0.717) is 17.9 Å². The summed E-state index contributed by atoms with van der Waals surface area (Å²) in [7, 11) is -1.65. The Labute approximate surface area is 164 Å². The Morgan fingerprint density at radius 1 is 1.25 bits per heavy atom. The smallest absolute Gasteiger partial charge is 0.344 e. The van der Waals surface area contributed by atoms with Gasteiger partial charge in [0.25, 0.3) is 5.91 Å². The van der Waals surface area contributed by atoms with Crippen molar-refractivity contribution in [2.45, 2.75) is 25.8 Å². The van der Waals surface area contributed by atoms with Crippen LogP contribution in [-0.2, 0) is 24.2 Å². The molecule has 0 bridgehead atoms. The van der Waals surface area contributed by atoms with Crippen LogP contribution in [0.2, 0.25) is 0 Å². The van der Waals surface area contributed by atoms with Crippen molar-refractivity contribution in [3.8, 4) is 11.5 Å². The molecule has 1 aromatic rings. The predicted octanol–water partition coefficient (Wildman–Crippen LogP) is 1.34. The molecule has 1 heterocycles. The van der Waals surface area contributed by atoms with Crippen molar-refractivity contribution in [3.63, 3.8) is 0 Å². The third-order valence-electron chi connectivity index (χ3n) is 4.20. The average molecular weight is 411 g/mol. The van der Waals surface area contributed by atoms with Crippen LogP contribution in [-0.4, -0.2) is 57.7 Å². The summed E-state index contributed by atoms with van der Waals surface area (Å²) in [5.41, 5.74) is 0.0919. The lowest BCUT2D eigenvalue weighted by Gasteiger charge is -2.23. The number of amides is 1. The molecule has 1 atom stereocenters.